The number of rotatable bonds is 7. The lowest BCUT2D eigenvalue weighted by molar-refractivity contribution is -0.119. The Labute approximate surface area is 206 Å². The molecule has 4 rings (SSSR count). The number of amides is 1. The number of anilines is 1. The van der Waals surface area contributed by atoms with Gasteiger partial charge in [0, 0.05) is 5.56 Å². The van der Waals surface area contributed by atoms with Crippen LogP contribution in [0.3, 0.4) is 0 Å². The van der Waals surface area contributed by atoms with E-state index in [1.54, 1.807) is 37.3 Å². The highest BCUT2D eigenvalue weighted by Crippen LogP contribution is 2.31. The number of ether oxygens (including phenoxy) is 1. The number of hydrogen-bond acceptors (Lipinski definition) is 4. The van der Waals surface area contributed by atoms with E-state index < -0.39 is 22.5 Å². The maximum atomic E-state index is 13.7. The summed E-state index contributed by atoms with van der Waals surface area (Å²) in [5, 5.41) is 0. The first kappa shape index (κ1) is 24.2. The molecule has 0 unspecified atom stereocenters. The molecule has 0 fully saturated rings. The first-order chi connectivity index (χ1) is 16.8. The summed E-state index contributed by atoms with van der Waals surface area (Å²) >= 11 is 0. The third-order valence-electron chi connectivity index (χ3n) is 5.90. The highest BCUT2D eigenvalue weighted by atomic mass is 32.2. The van der Waals surface area contributed by atoms with E-state index in [4.69, 9.17) is 4.74 Å². The van der Waals surface area contributed by atoms with Crippen LogP contribution in [0, 0.1) is 20.8 Å². The largest absolute Gasteiger partial charge is 0.483 e. The molecule has 35 heavy (non-hydrogen) atoms. The lowest BCUT2D eigenvalue weighted by Crippen LogP contribution is -2.40. The summed E-state index contributed by atoms with van der Waals surface area (Å²) in [4.78, 5) is 13.6. The van der Waals surface area contributed by atoms with Gasteiger partial charge in [-0.1, -0.05) is 78.4 Å². The molecule has 0 aliphatic heterocycles. The zero-order chi connectivity index (χ0) is 25.0. The normalized spacial score (nSPS) is 11.2. The molecule has 0 bridgehead atoms. The Morgan fingerprint density at radius 2 is 1.43 bits per heavy atom. The van der Waals surface area contributed by atoms with E-state index in [1.807, 2.05) is 68.4 Å². The van der Waals surface area contributed by atoms with Gasteiger partial charge in [-0.25, -0.2) is 8.42 Å². The van der Waals surface area contributed by atoms with Crippen molar-refractivity contribution < 1.29 is 17.9 Å². The quantitative estimate of drug-likeness (QED) is 0.318. The van der Waals surface area contributed by atoms with Gasteiger partial charge in [0.15, 0.2) is 6.61 Å². The Morgan fingerprint density at radius 3 is 2.14 bits per heavy atom. The first-order valence-corrected chi connectivity index (χ1v) is 12.7. The number of benzene rings is 4. The van der Waals surface area contributed by atoms with E-state index in [0.29, 0.717) is 17.0 Å². The van der Waals surface area contributed by atoms with Crippen molar-refractivity contribution in [1.29, 1.82) is 0 Å². The minimum atomic E-state index is -4.17. The molecule has 4 aromatic rings. The highest BCUT2D eigenvalue weighted by Gasteiger charge is 2.32. The van der Waals surface area contributed by atoms with Crippen molar-refractivity contribution >= 4 is 21.6 Å². The average Bonchev–Trinajstić information content (AvgIpc) is 2.86. The Balaban J connectivity index is 1.71. The molecule has 0 aliphatic rings. The Morgan fingerprint density at radius 1 is 0.771 bits per heavy atom. The van der Waals surface area contributed by atoms with Crippen LogP contribution in [-0.2, 0) is 14.8 Å². The maximum Gasteiger partial charge on any atom is 0.278 e. The molecule has 4 aromatic carbocycles. The van der Waals surface area contributed by atoms with Gasteiger partial charge in [0.1, 0.15) is 5.75 Å². The van der Waals surface area contributed by atoms with Gasteiger partial charge in [-0.15, -0.1) is 0 Å². The fourth-order valence-electron chi connectivity index (χ4n) is 3.82. The minimum Gasteiger partial charge on any atom is -0.483 e. The molecule has 0 atom stereocenters. The number of carbonyl (C=O) groups excluding carboxylic acids is 1. The van der Waals surface area contributed by atoms with Crippen LogP contribution in [-0.4, -0.2) is 20.9 Å². The summed E-state index contributed by atoms with van der Waals surface area (Å²) in [7, 11) is -4.17. The Hall–Kier alpha value is -3.90. The van der Waals surface area contributed by atoms with E-state index in [1.165, 1.54) is 12.1 Å². The summed E-state index contributed by atoms with van der Waals surface area (Å²) in [6.07, 6.45) is 0. The monoisotopic (exact) mass is 485 g/mol. The average molecular weight is 486 g/mol. The molecule has 0 spiro atoms. The lowest BCUT2D eigenvalue weighted by atomic mass is 10.1. The molecule has 0 heterocycles. The van der Waals surface area contributed by atoms with Gasteiger partial charge in [0.25, 0.3) is 15.9 Å². The van der Waals surface area contributed by atoms with Crippen LogP contribution in [0.2, 0.25) is 0 Å². The molecular formula is C29H27NO4S. The predicted octanol–water partition coefficient (Wildman–Crippen LogP) is 6.08. The van der Waals surface area contributed by atoms with Gasteiger partial charge in [-0.3, -0.25) is 4.79 Å². The highest BCUT2D eigenvalue weighted by molar-refractivity contribution is 7.93. The maximum absolute atomic E-state index is 13.7. The molecule has 0 saturated heterocycles. The van der Waals surface area contributed by atoms with Gasteiger partial charge >= 0.3 is 0 Å². The molecular weight excluding hydrogens is 458 g/mol. The molecule has 0 aliphatic carbocycles. The van der Waals surface area contributed by atoms with E-state index in [0.717, 1.165) is 26.6 Å². The predicted molar refractivity (Wildman–Crippen MR) is 139 cm³/mol. The zero-order valence-electron chi connectivity index (χ0n) is 19.9. The second-order valence-corrected chi connectivity index (χ2v) is 10.1. The summed E-state index contributed by atoms with van der Waals surface area (Å²) < 4.78 is 34.2. The number of nitrogens with zero attached hydrogens (tertiary/aromatic N) is 1. The molecule has 178 valence electrons. The van der Waals surface area contributed by atoms with E-state index in [9.17, 15) is 13.2 Å². The van der Waals surface area contributed by atoms with Crippen LogP contribution in [0.5, 0.6) is 5.75 Å². The fourth-order valence-corrected chi connectivity index (χ4v) is 5.28. The molecule has 1 amide bonds. The van der Waals surface area contributed by atoms with E-state index in [-0.39, 0.29) is 4.90 Å². The van der Waals surface area contributed by atoms with Crippen molar-refractivity contribution in [2.24, 2.45) is 0 Å². The second-order valence-electron chi connectivity index (χ2n) is 8.35. The molecule has 6 heteroatoms. The third-order valence-corrected chi connectivity index (χ3v) is 7.65. The topological polar surface area (TPSA) is 63.7 Å². The second kappa shape index (κ2) is 10.2. The molecule has 0 N–H and O–H groups in total. The number of aryl methyl sites for hydroxylation is 2. The lowest BCUT2D eigenvalue weighted by Gasteiger charge is -2.25. The van der Waals surface area contributed by atoms with Crippen molar-refractivity contribution in [3.63, 3.8) is 0 Å². The standard InChI is InChI=1S/C29H27NO4S/c1-21-16-18-25(19-17-21)35(32,33)30(27-14-9-10-22(2)23(27)3)29(31)20-34-28-15-8-7-13-26(28)24-11-5-4-6-12-24/h4-19H,20H2,1-3H3. The van der Waals surface area contributed by atoms with Crippen molar-refractivity contribution in [3.05, 3.63) is 114 Å². The van der Waals surface area contributed by atoms with Crippen LogP contribution in [0.25, 0.3) is 11.1 Å². The summed E-state index contributed by atoms with van der Waals surface area (Å²) in [5.74, 6) is -0.178. The van der Waals surface area contributed by atoms with E-state index >= 15 is 0 Å². The van der Waals surface area contributed by atoms with Crippen LogP contribution in [0.4, 0.5) is 5.69 Å². The van der Waals surface area contributed by atoms with Gasteiger partial charge < -0.3 is 4.74 Å². The van der Waals surface area contributed by atoms with Crippen molar-refractivity contribution in [1.82, 2.24) is 0 Å². The molecule has 0 aromatic heterocycles. The first-order valence-electron chi connectivity index (χ1n) is 11.3. The summed E-state index contributed by atoms with van der Waals surface area (Å²) in [5.41, 5.74) is 4.59. The third kappa shape index (κ3) is 5.12. The van der Waals surface area contributed by atoms with Crippen molar-refractivity contribution in [2.45, 2.75) is 25.7 Å². The summed E-state index contributed by atoms with van der Waals surface area (Å²) in [6.45, 7) is 5.12. The number of para-hydroxylation sites is 1. The number of carbonyl (C=O) groups is 1. The van der Waals surface area contributed by atoms with Gasteiger partial charge in [0.2, 0.25) is 0 Å². The summed E-state index contributed by atoms with van der Waals surface area (Å²) in [6, 6.07) is 28.8. The molecule has 0 saturated carbocycles. The minimum absolute atomic E-state index is 0.0436. The van der Waals surface area contributed by atoms with E-state index in [2.05, 4.69) is 0 Å². The zero-order valence-corrected chi connectivity index (χ0v) is 20.7. The van der Waals surface area contributed by atoms with Gasteiger partial charge in [-0.2, -0.15) is 4.31 Å². The van der Waals surface area contributed by atoms with Crippen molar-refractivity contribution in [2.75, 3.05) is 10.9 Å². The number of sulfonamides is 1. The van der Waals surface area contributed by atoms with Crippen molar-refractivity contribution in [3.8, 4) is 16.9 Å². The molecule has 0 radical (unpaired) electrons. The van der Waals surface area contributed by atoms with Gasteiger partial charge in [0.05, 0.1) is 10.6 Å². The van der Waals surface area contributed by atoms with Crippen LogP contribution in [0.1, 0.15) is 16.7 Å². The fraction of sp³-hybridized carbons (Fsp3) is 0.138. The molecule has 5 nitrogen and oxygen atoms in total. The van der Waals surface area contributed by atoms with Gasteiger partial charge in [-0.05, 0) is 61.7 Å². The smallest absolute Gasteiger partial charge is 0.278 e. The van der Waals surface area contributed by atoms with Crippen LogP contribution in [0.15, 0.2) is 102 Å². The van der Waals surface area contributed by atoms with Crippen LogP contribution >= 0.6 is 0 Å². The Kier molecular flexibility index (Phi) is 7.03. The number of hydrogen-bond donors (Lipinski definition) is 0. The Bertz CT molecular complexity index is 1450. The van der Waals surface area contributed by atoms with Crippen LogP contribution < -0.4 is 9.04 Å². The SMILES string of the molecule is Cc1ccc(S(=O)(=O)N(C(=O)COc2ccccc2-c2ccccc2)c2cccc(C)c2C)cc1.